The number of hydrogen-bond acceptors (Lipinski definition) is 5. The molecule has 0 saturated heterocycles. The third kappa shape index (κ3) is 5.09. The molecule has 3 rings (SSSR count). The fourth-order valence-corrected chi connectivity index (χ4v) is 3.96. The second kappa shape index (κ2) is 8.87. The Balaban J connectivity index is 1.42. The van der Waals surface area contributed by atoms with Gasteiger partial charge in [0.25, 0.3) is 5.91 Å². The molecule has 0 radical (unpaired) electrons. The van der Waals surface area contributed by atoms with E-state index in [9.17, 15) is 9.59 Å². The summed E-state index contributed by atoms with van der Waals surface area (Å²) in [5.74, 6) is -0.524. The first kappa shape index (κ1) is 18.5. The Labute approximate surface area is 160 Å². The summed E-state index contributed by atoms with van der Waals surface area (Å²) in [5.41, 5.74) is 0. The van der Waals surface area contributed by atoms with E-state index in [4.69, 9.17) is 4.74 Å². The van der Waals surface area contributed by atoms with E-state index in [0.29, 0.717) is 0 Å². The minimum absolute atomic E-state index is 0.0897. The number of carbonyl (C=O) groups excluding carboxylic acids is 2. The van der Waals surface area contributed by atoms with Gasteiger partial charge in [0.1, 0.15) is 0 Å². The number of hydrogen-bond donors (Lipinski definition) is 1. The van der Waals surface area contributed by atoms with E-state index < -0.39 is 5.97 Å². The average Bonchev–Trinajstić information content (AvgIpc) is 3.19. The first-order valence-corrected chi connectivity index (χ1v) is 10.1. The lowest BCUT2D eigenvalue weighted by molar-refractivity contribution is -0.146. The van der Waals surface area contributed by atoms with E-state index in [1.165, 1.54) is 11.8 Å². The molecule has 1 amide bonds. The monoisotopic (exact) mass is 385 g/mol. The van der Waals surface area contributed by atoms with E-state index in [1.807, 2.05) is 66.9 Å². The maximum atomic E-state index is 11.9. The van der Waals surface area contributed by atoms with Gasteiger partial charge in [0.2, 0.25) is 0 Å². The highest BCUT2D eigenvalue weighted by atomic mass is 32.2. The zero-order chi connectivity index (χ0) is 18.4. The summed E-state index contributed by atoms with van der Waals surface area (Å²) in [4.78, 5) is 25.8. The van der Waals surface area contributed by atoms with Crippen LogP contribution in [0.1, 0.15) is 17.8 Å². The molecule has 26 heavy (non-hydrogen) atoms. The third-order valence-electron chi connectivity index (χ3n) is 3.79. The molecule has 134 valence electrons. The summed E-state index contributed by atoms with van der Waals surface area (Å²) in [5, 5.41) is 7.07. The second-order valence-corrected chi connectivity index (χ2v) is 7.79. The Morgan fingerprint density at radius 1 is 1.12 bits per heavy atom. The Kier molecular flexibility index (Phi) is 6.30. The van der Waals surface area contributed by atoms with Crippen LogP contribution in [0.2, 0.25) is 0 Å². The molecule has 0 aliphatic carbocycles. The largest absolute Gasteiger partial charge is 0.455 e. The molecule has 0 bridgehead atoms. The molecule has 1 aromatic heterocycles. The van der Waals surface area contributed by atoms with Gasteiger partial charge in [-0.15, -0.1) is 23.1 Å². The van der Waals surface area contributed by atoms with Crippen LogP contribution in [0, 0.1) is 0 Å². The van der Waals surface area contributed by atoms with E-state index in [2.05, 4.69) is 5.32 Å². The molecule has 0 aliphatic heterocycles. The van der Waals surface area contributed by atoms with Crippen molar-refractivity contribution in [1.29, 1.82) is 0 Å². The standard InChI is InChI=1S/C20H19NO3S2/c1-14(18-7-4-10-25-18)21-19(22)12-24-20(23)13-26-17-9-8-15-5-2-3-6-16(15)11-17/h2-11,14H,12-13H2,1H3,(H,21,22)/t14-/m0/s1. The summed E-state index contributed by atoms with van der Waals surface area (Å²) < 4.78 is 5.06. The molecule has 2 aromatic carbocycles. The predicted octanol–water partition coefficient (Wildman–Crippen LogP) is 4.41. The van der Waals surface area contributed by atoms with Crippen LogP contribution in [0.4, 0.5) is 0 Å². The maximum Gasteiger partial charge on any atom is 0.316 e. The quantitative estimate of drug-likeness (QED) is 0.483. The van der Waals surface area contributed by atoms with E-state index >= 15 is 0 Å². The molecule has 0 fully saturated rings. The Hall–Kier alpha value is -2.31. The number of thiophene rings is 1. The average molecular weight is 386 g/mol. The van der Waals surface area contributed by atoms with Crippen molar-refractivity contribution in [3.05, 3.63) is 64.9 Å². The highest BCUT2D eigenvalue weighted by molar-refractivity contribution is 8.00. The van der Waals surface area contributed by atoms with E-state index in [0.717, 1.165) is 20.5 Å². The van der Waals surface area contributed by atoms with Gasteiger partial charge < -0.3 is 10.1 Å². The summed E-state index contributed by atoms with van der Waals surface area (Å²) in [6, 6.07) is 17.9. The van der Waals surface area contributed by atoms with Gasteiger partial charge in [0.15, 0.2) is 6.61 Å². The van der Waals surface area contributed by atoms with Crippen molar-refractivity contribution in [2.45, 2.75) is 17.9 Å². The van der Waals surface area contributed by atoms with Gasteiger partial charge in [-0.3, -0.25) is 9.59 Å². The number of carbonyl (C=O) groups is 2. The molecule has 0 aliphatic rings. The number of esters is 1. The van der Waals surface area contributed by atoms with Gasteiger partial charge in [-0.1, -0.05) is 36.4 Å². The number of rotatable bonds is 7. The molecule has 1 N–H and O–H groups in total. The highest BCUT2D eigenvalue weighted by Crippen LogP contribution is 2.23. The summed E-state index contributed by atoms with van der Waals surface area (Å²) in [6.45, 7) is 1.65. The zero-order valence-electron chi connectivity index (χ0n) is 14.3. The molecule has 4 nitrogen and oxygen atoms in total. The van der Waals surface area contributed by atoms with Crippen LogP contribution in [0.3, 0.4) is 0 Å². The summed E-state index contributed by atoms with van der Waals surface area (Å²) >= 11 is 2.98. The lowest BCUT2D eigenvalue weighted by atomic mass is 10.1. The van der Waals surface area contributed by atoms with Crippen molar-refractivity contribution >= 4 is 45.7 Å². The normalized spacial score (nSPS) is 11.9. The molecule has 3 aromatic rings. The van der Waals surface area contributed by atoms with Crippen molar-refractivity contribution in [3.63, 3.8) is 0 Å². The van der Waals surface area contributed by atoms with Crippen LogP contribution in [0.5, 0.6) is 0 Å². The van der Waals surface area contributed by atoms with Gasteiger partial charge in [0.05, 0.1) is 11.8 Å². The molecule has 1 heterocycles. The SMILES string of the molecule is C[C@H](NC(=O)COC(=O)CSc1ccc2ccccc2c1)c1cccs1. The molecule has 6 heteroatoms. The molecule has 1 atom stereocenters. The number of fused-ring (bicyclic) bond motifs is 1. The summed E-state index contributed by atoms with van der Waals surface area (Å²) in [6.07, 6.45) is 0. The van der Waals surface area contributed by atoms with Crippen LogP contribution in [0.25, 0.3) is 10.8 Å². The van der Waals surface area contributed by atoms with Crippen molar-refractivity contribution in [3.8, 4) is 0 Å². The smallest absolute Gasteiger partial charge is 0.316 e. The van der Waals surface area contributed by atoms with E-state index in [1.54, 1.807) is 11.3 Å². The van der Waals surface area contributed by atoms with Gasteiger partial charge in [-0.2, -0.15) is 0 Å². The molecule has 0 saturated carbocycles. The Morgan fingerprint density at radius 2 is 1.92 bits per heavy atom. The summed E-state index contributed by atoms with van der Waals surface area (Å²) in [7, 11) is 0. The first-order valence-electron chi connectivity index (χ1n) is 8.22. The van der Waals surface area contributed by atoms with E-state index in [-0.39, 0.29) is 24.3 Å². The molecule has 0 unspecified atom stereocenters. The van der Waals surface area contributed by atoms with Crippen LogP contribution in [-0.4, -0.2) is 24.2 Å². The van der Waals surface area contributed by atoms with Crippen molar-refractivity contribution in [2.24, 2.45) is 0 Å². The van der Waals surface area contributed by atoms with Crippen LogP contribution >= 0.6 is 23.1 Å². The first-order chi connectivity index (χ1) is 12.6. The van der Waals surface area contributed by atoms with Gasteiger partial charge in [0, 0.05) is 9.77 Å². The fourth-order valence-electron chi connectivity index (χ4n) is 2.48. The van der Waals surface area contributed by atoms with Crippen molar-refractivity contribution in [1.82, 2.24) is 5.32 Å². The number of ether oxygens (including phenoxy) is 1. The lowest BCUT2D eigenvalue weighted by Gasteiger charge is -2.12. The number of nitrogens with one attached hydrogen (secondary N) is 1. The fraction of sp³-hybridized carbons (Fsp3) is 0.200. The topological polar surface area (TPSA) is 55.4 Å². The maximum absolute atomic E-state index is 11.9. The van der Waals surface area contributed by atoms with Gasteiger partial charge >= 0.3 is 5.97 Å². The molecule has 0 spiro atoms. The number of amides is 1. The number of benzene rings is 2. The molecular formula is C20H19NO3S2. The zero-order valence-corrected chi connectivity index (χ0v) is 15.9. The lowest BCUT2D eigenvalue weighted by Crippen LogP contribution is -2.31. The van der Waals surface area contributed by atoms with Crippen LogP contribution < -0.4 is 5.32 Å². The van der Waals surface area contributed by atoms with Crippen LogP contribution in [-0.2, 0) is 14.3 Å². The second-order valence-electron chi connectivity index (χ2n) is 5.76. The van der Waals surface area contributed by atoms with Crippen molar-refractivity contribution in [2.75, 3.05) is 12.4 Å². The van der Waals surface area contributed by atoms with Gasteiger partial charge in [-0.25, -0.2) is 0 Å². The highest BCUT2D eigenvalue weighted by Gasteiger charge is 2.12. The van der Waals surface area contributed by atoms with Crippen molar-refractivity contribution < 1.29 is 14.3 Å². The Bertz CT molecular complexity index is 893. The van der Waals surface area contributed by atoms with Crippen LogP contribution in [0.15, 0.2) is 64.9 Å². The predicted molar refractivity (Wildman–Crippen MR) is 107 cm³/mol. The minimum Gasteiger partial charge on any atom is -0.455 e. The molecular weight excluding hydrogens is 366 g/mol. The van der Waals surface area contributed by atoms with Gasteiger partial charge in [-0.05, 0) is 41.3 Å². The minimum atomic E-state index is -0.401. The third-order valence-corrected chi connectivity index (χ3v) is 5.81. The Morgan fingerprint density at radius 3 is 2.69 bits per heavy atom. The number of thioether (sulfide) groups is 1.